The minimum absolute atomic E-state index is 0.259. The topological polar surface area (TPSA) is 32.3 Å². The minimum Gasteiger partial charge on any atom is -0.353 e. The van der Waals surface area contributed by atoms with Crippen molar-refractivity contribution >= 4 is 27.5 Å². The number of nitrogens with zero attached hydrogens (tertiary/aromatic N) is 1. The standard InChI is InChI=1S/C20H30N2OS2/c23-20(9-5-4-8-19-12-15-24-25-19)21-18-10-13-22(14-11-18)16-17-6-2-1-3-7-17/h1-3,6-7,18-19H,4-5,8-16H2,(H,21,23). The summed E-state index contributed by atoms with van der Waals surface area (Å²) >= 11 is 0. The highest BCUT2D eigenvalue weighted by Gasteiger charge is 2.21. The Kier molecular flexibility index (Phi) is 8.02. The van der Waals surface area contributed by atoms with Gasteiger partial charge in [-0.1, -0.05) is 58.3 Å². The van der Waals surface area contributed by atoms with E-state index in [2.05, 4.69) is 40.5 Å². The van der Waals surface area contributed by atoms with Crippen LogP contribution in [0.5, 0.6) is 0 Å². The predicted octanol–water partition coefficient (Wildman–Crippen LogP) is 4.48. The van der Waals surface area contributed by atoms with Gasteiger partial charge in [0, 0.05) is 43.1 Å². The summed E-state index contributed by atoms with van der Waals surface area (Å²) in [6.45, 7) is 3.19. The number of likely N-dealkylation sites (tertiary alicyclic amines) is 1. The first-order valence-electron chi connectivity index (χ1n) is 9.63. The van der Waals surface area contributed by atoms with Gasteiger partial charge >= 0.3 is 0 Å². The number of benzene rings is 1. The van der Waals surface area contributed by atoms with Crippen LogP contribution in [0.4, 0.5) is 0 Å². The van der Waals surface area contributed by atoms with E-state index in [-0.39, 0.29) is 5.91 Å². The zero-order valence-electron chi connectivity index (χ0n) is 15.0. The maximum atomic E-state index is 12.1. The number of carbonyl (C=O) groups excluding carboxylic acids is 1. The van der Waals surface area contributed by atoms with Gasteiger partial charge < -0.3 is 5.32 Å². The third-order valence-electron chi connectivity index (χ3n) is 5.11. The number of hydrogen-bond acceptors (Lipinski definition) is 4. The smallest absolute Gasteiger partial charge is 0.220 e. The molecule has 2 aliphatic rings. The van der Waals surface area contributed by atoms with E-state index in [1.807, 2.05) is 21.6 Å². The molecule has 0 aromatic heterocycles. The van der Waals surface area contributed by atoms with Crippen molar-refractivity contribution in [1.29, 1.82) is 0 Å². The third kappa shape index (κ3) is 6.87. The van der Waals surface area contributed by atoms with Crippen molar-refractivity contribution in [1.82, 2.24) is 10.2 Å². The number of rotatable bonds is 8. The van der Waals surface area contributed by atoms with Gasteiger partial charge in [0.2, 0.25) is 5.91 Å². The summed E-state index contributed by atoms with van der Waals surface area (Å²) in [7, 11) is 4.05. The Balaban J connectivity index is 1.26. The molecule has 1 unspecified atom stereocenters. The molecule has 0 bridgehead atoms. The second kappa shape index (κ2) is 10.5. The van der Waals surface area contributed by atoms with Crippen LogP contribution < -0.4 is 5.32 Å². The Labute approximate surface area is 160 Å². The van der Waals surface area contributed by atoms with Crippen molar-refractivity contribution in [2.75, 3.05) is 18.8 Å². The number of hydrogen-bond donors (Lipinski definition) is 1. The van der Waals surface area contributed by atoms with Crippen molar-refractivity contribution < 1.29 is 4.79 Å². The lowest BCUT2D eigenvalue weighted by Crippen LogP contribution is -2.44. The zero-order chi connectivity index (χ0) is 17.3. The van der Waals surface area contributed by atoms with E-state index in [0.717, 1.165) is 44.1 Å². The van der Waals surface area contributed by atoms with E-state index >= 15 is 0 Å². The Hall–Kier alpha value is -0.650. The van der Waals surface area contributed by atoms with Crippen LogP contribution in [0.2, 0.25) is 0 Å². The second-order valence-corrected chi connectivity index (χ2v) is 9.97. The molecule has 2 heterocycles. The van der Waals surface area contributed by atoms with Gasteiger partial charge in [0.1, 0.15) is 0 Å². The predicted molar refractivity (Wildman–Crippen MR) is 110 cm³/mol. The second-order valence-electron chi connectivity index (χ2n) is 7.18. The van der Waals surface area contributed by atoms with Crippen LogP contribution in [-0.2, 0) is 11.3 Å². The molecule has 0 radical (unpaired) electrons. The van der Waals surface area contributed by atoms with E-state index < -0.39 is 0 Å². The van der Waals surface area contributed by atoms with Crippen LogP contribution in [-0.4, -0.2) is 40.9 Å². The maximum absolute atomic E-state index is 12.1. The summed E-state index contributed by atoms with van der Waals surface area (Å²) in [6.07, 6.45) is 7.73. The summed E-state index contributed by atoms with van der Waals surface area (Å²) in [5.74, 6) is 1.56. The van der Waals surface area contributed by atoms with Gasteiger partial charge in [0.05, 0.1) is 0 Å². The third-order valence-corrected chi connectivity index (χ3v) is 8.12. The van der Waals surface area contributed by atoms with Crippen molar-refractivity contribution in [3.05, 3.63) is 35.9 Å². The van der Waals surface area contributed by atoms with Gasteiger partial charge in [-0.05, 0) is 37.7 Å². The van der Waals surface area contributed by atoms with Gasteiger partial charge in [-0.3, -0.25) is 9.69 Å². The Morgan fingerprint density at radius 2 is 1.92 bits per heavy atom. The van der Waals surface area contributed by atoms with Gasteiger partial charge in [-0.25, -0.2) is 0 Å². The van der Waals surface area contributed by atoms with E-state index in [0.29, 0.717) is 12.5 Å². The van der Waals surface area contributed by atoms with E-state index in [4.69, 9.17) is 0 Å². The molecule has 0 spiro atoms. The van der Waals surface area contributed by atoms with E-state index in [1.165, 1.54) is 30.6 Å². The monoisotopic (exact) mass is 378 g/mol. The highest BCUT2D eigenvalue weighted by molar-refractivity contribution is 8.77. The number of piperidine rings is 1. The zero-order valence-corrected chi connectivity index (χ0v) is 16.6. The fourth-order valence-corrected chi connectivity index (χ4v) is 6.63. The quantitative estimate of drug-likeness (QED) is 0.534. The Morgan fingerprint density at radius 1 is 1.12 bits per heavy atom. The van der Waals surface area contributed by atoms with Gasteiger partial charge in [0.25, 0.3) is 0 Å². The summed E-state index contributed by atoms with van der Waals surface area (Å²) in [5, 5.41) is 4.09. The number of amides is 1. The molecule has 138 valence electrons. The molecule has 2 aliphatic heterocycles. The lowest BCUT2D eigenvalue weighted by Gasteiger charge is -2.32. The molecule has 0 saturated carbocycles. The molecule has 1 aromatic carbocycles. The summed E-state index contributed by atoms with van der Waals surface area (Å²) < 4.78 is 0. The summed E-state index contributed by atoms with van der Waals surface area (Å²) in [4.78, 5) is 14.6. The lowest BCUT2D eigenvalue weighted by molar-refractivity contribution is -0.122. The maximum Gasteiger partial charge on any atom is 0.220 e. The first-order valence-corrected chi connectivity index (χ1v) is 12.0. The van der Waals surface area contributed by atoms with Gasteiger partial charge in [0.15, 0.2) is 0 Å². The van der Waals surface area contributed by atoms with Crippen molar-refractivity contribution in [3.8, 4) is 0 Å². The van der Waals surface area contributed by atoms with E-state index in [9.17, 15) is 4.79 Å². The molecule has 25 heavy (non-hydrogen) atoms. The molecule has 3 rings (SSSR count). The summed E-state index contributed by atoms with van der Waals surface area (Å²) in [5.41, 5.74) is 1.38. The van der Waals surface area contributed by atoms with Crippen LogP contribution in [0.15, 0.2) is 30.3 Å². The van der Waals surface area contributed by atoms with Gasteiger partial charge in [-0.2, -0.15) is 0 Å². The molecular weight excluding hydrogens is 348 g/mol. The molecule has 1 amide bonds. The average Bonchev–Trinajstić information content (AvgIpc) is 3.15. The molecule has 1 aromatic rings. The van der Waals surface area contributed by atoms with Crippen molar-refractivity contribution in [2.45, 2.75) is 62.8 Å². The van der Waals surface area contributed by atoms with Crippen molar-refractivity contribution in [3.63, 3.8) is 0 Å². The number of nitrogens with one attached hydrogen (secondary N) is 1. The van der Waals surface area contributed by atoms with E-state index in [1.54, 1.807) is 0 Å². The molecule has 2 saturated heterocycles. The molecule has 3 nitrogen and oxygen atoms in total. The first-order chi connectivity index (χ1) is 12.3. The highest BCUT2D eigenvalue weighted by atomic mass is 33.1. The number of unbranched alkanes of at least 4 members (excludes halogenated alkanes) is 1. The normalized spacial score (nSPS) is 22.2. The lowest BCUT2D eigenvalue weighted by atomic mass is 10.0. The fraction of sp³-hybridized carbons (Fsp3) is 0.650. The summed E-state index contributed by atoms with van der Waals surface area (Å²) in [6, 6.07) is 11.0. The Morgan fingerprint density at radius 3 is 2.64 bits per heavy atom. The first kappa shape index (κ1) is 19.1. The van der Waals surface area contributed by atoms with Crippen LogP contribution in [0.25, 0.3) is 0 Å². The molecule has 1 atom stereocenters. The van der Waals surface area contributed by atoms with Crippen LogP contribution in [0, 0.1) is 0 Å². The number of carbonyl (C=O) groups is 1. The van der Waals surface area contributed by atoms with Crippen LogP contribution >= 0.6 is 21.6 Å². The largest absolute Gasteiger partial charge is 0.353 e. The molecule has 2 fully saturated rings. The average molecular weight is 379 g/mol. The molecule has 0 aliphatic carbocycles. The molecule has 1 N–H and O–H groups in total. The fourth-order valence-electron chi connectivity index (χ4n) is 3.60. The minimum atomic E-state index is 0.259. The Bertz CT molecular complexity index is 512. The van der Waals surface area contributed by atoms with Crippen LogP contribution in [0.1, 0.15) is 50.5 Å². The van der Waals surface area contributed by atoms with Gasteiger partial charge in [-0.15, -0.1) is 0 Å². The van der Waals surface area contributed by atoms with Crippen LogP contribution in [0.3, 0.4) is 0 Å². The van der Waals surface area contributed by atoms with Crippen molar-refractivity contribution in [2.24, 2.45) is 0 Å². The SMILES string of the molecule is O=C(CCCCC1CCSS1)NC1CCN(Cc2ccccc2)CC1. The molecular formula is C20H30N2OS2. The molecule has 5 heteroatoms. The highest BCUT2D eigenvalue weighted by Crippen LogP contribution is 2.39.